The van der Waals surface area contributed by atoms with Crippen LogP contribution in [0.3, 0.4) is 0 Å². The first-order valence-corrected chi connectivity index (χ1v) is 5.73. The highest BCUT2D eigenvalue weighted by molar-refractivity contribution is 5.94. The molecule has 5 N–H and O–H groups in total. The minimum Gasteiger partial charge on any atom is -0.448 e. The quantitative estimate of drug-likeness (QED) is 0.531. The Bertz CT molecular complexity index is 564. The molecule has 1 rings (SSSR count). The maximum Gasteiger partial charge on any atom is 0.404 e. The highest BCUT2D eigenvalue weighted by Gasteiger charge is 2.08. The van der Waals surface area contributed by atoms with Crippen molar-refractivity contribution in [3.05, 3.63) is 35.1 Å². The van der Waals surface area contributed by atoms with Crippen molar-refractivity contribution in [2.24, 2.45) is 11.5 Å². The third kappa shape index (κ3) is 4.96. The Morgan fingerprint density at radius 1 is 1.40 bits per heavy atom. The largest absolute Gasteiger partial charge is 0.448 e. The van der Waals surface area contributed by atoms with Crippen LogP contribution in [0, 0.1) is 17.7 Å². The molecule has 0 aliphatic carbocycles. The molecule has 0 saturated carbocycles. The van der Waals surface area contributed by atoms with E-state index in [4.69, 9.17) is 11.5 Å². The monoisotopic (exact) mass is 279 g/mol. The number of nitrogens with two attached hydrogens (primary N) is 2. The summed E-state index contributed by atoms with van der Waals surface area (Å²) in [6, 6.07) is 3.91. The van der Waals surface area contributed by atoms with Gasteiger partial charge in [-0.2, -0.15) is 0 Å². The zero-order chi connectivity index (χ0) is 15.0. The van der Waals surface area contributed by atoms with Gasteiger partial charge in [0.25, 0.3) is 5.91 Å². The summed E-state index contributed by atoms with van der Waals surface area (Å²) in [4.78, 5) is 22.0. The van der Waals surface area contributed by atoms with Crippen molar-refractivity contribution < 1.29 is 18.7 Å². The Hall–Kier alpha value is -2.59. The lowest BCUT2D eigenvalue weighted by molar-refractivity contribution is 0.0936. The topological polar surface area (TPSA) is 107 Å². The number of ether oxygens (including phenoxy) is 1. The Labute approximate surface area is 115 Å². The summed E-state index contributed by atoms with van der Waals surface area (Å²) in [5.41, 5.74) is 10.2. The number of hydrogen-bond donors (Lipinski definition) is 3. The van der Waals surface area contributed by atoms with E-state index in [0.29, 0.717) is 0 Å². The molecule has 0 unspecified atom stereocenters. The Morgan fingerprint density at radius 2 is 2.15 bits per heavy atom. The normalized spacial score (nSPS) is 9.30. The minimum absolute atomic E-state index is 0.0520. The van der Waals surface area contributed by atoms with Crippen molar-refractivity contribution in [1.82, 2.24) is 5.32 Å². The molecule has 2 amide bonds. The summed E-state index contributed by atoms with van der Waals surface area (Å²) < 4.78 is 18.1. The third-order valence-electron chi connectivity index (χ3n) is 2.19. The van der Waals surface area contributed by atoms with Gasteiger partial charge in [0.15, 0.2) is 0 Å². The zero-order valence-electron chi connectivity index (χ0n) is 10.6. The molecule has 7 heteroatoms. The second kappa shape index (κ2) is 7.76. The van der Waals surface area contributed by atoms with E-state index < -0.39 is 17.8 Å². The highest BCUT2D eigenvalue weighted by atomic mass is 19.1. The van der Waals surface area contributed by atoms with Gasteiger partial charge in [-0.1, -0.05) is 11.8 Å². The summed E-state index contributed by atoms with van der Waals surface area (Å²) in [7, 11) is 0. The molecule has 0 spiro atoms. The van der Waals surface area contributed by atoms with Gasteiger partial charge in [0.1, 0.15) is 12.4 Å². The van der Waals surface area contributed by atoms with Gasteiger partial charge < -0.3 is 21.5 Å². The van der Waals surface area contributed by atoms with Crippen LogP contribution in [0.15, 0.2) is 18.2 Å². The van der Waals surface area contributed by atoms with Gasteiger partial charge in [-0.05, 0) is 18.2 Å². The summed E-state index contributed by atoms with van der Waals surface area (Å²) in [5, 5.41) is 2.45. The van der Waals surface area contributed by atoms with Crippen molar-refractivity contribution >= 4 is 12.0 Å². The van der Waals surface area contributed by atoms with E-state index in [2.05, 4.69) is 21.9 Å². The molecule has 0 atom stereocenters. The number of rotatable bonds is 4. The van der Waals surface area contributed by atoms with Crippen LogP contribution in [0.2, 0.25) is 0 Å². The first kappa shape index (κ1) is 15.5. The van der Waals surface area contributed by atoms with E-state index in [1.807, 2.05) is 0 Å². The fourth-order valence-corrected chi connectivity index (χ4v) is 1.32. The molecule has 106 valence electrons. The van der Waals surface area contributed by atoms with E-state index in [1.165, 1.54) is 12.1 Å². The van der Waals surface area contributed by atoms with E-state index >= 15 is 0 Å². The van der Waals surface area contributed by atoms with Crippen molar-refractivity contribution in [2.45, 2.75) is 0 Å². The van der Waals surface area contributed by atoms with E-state index in [-0.39, 0.29) is 30.8 Å². The average molecular weight is 279 g/mol. The molecule has 0 aliphatic heterocycles. The molecule has 0 radical (unpaired) electrons. The van der Waals surface area contributed by atoms with Gasteiger partial charge in [-0.15, -0.1) is 0 Å². The first-order chi connectivity index (χ1) is 9.54. The number of hydrogen-bond acceptors (Lipinski definition) is 4. The third-order valence-corrected chi connectivity index (χ3v) is 2.19. The van der Waals surface area contributed by atoms with Gasteiger partial charge in [0.05, 0.1) is 18.7 Å². The lowest BCUT2D eigenvalue weighted by Crippen LogP contribution is -2.29. The van der Waals surface area contributed by atoms with Gasteiger partial charge >= 0.3 is 6.09 Å². The number of primary amides is 1. The maximum absolute atomic E-state index is 13.6. The van der Waals surface area contributed by atoms with Crippen LogP contribution in [-0.4, -0.2) is 31.7 Å². The SMILES string of the molecule is NCC#Cc1ccc(C(=O)NCCOC(N)=O)cc1F. The predicted molar refractivity (Wildman–Crippen MR) is 70.2 cm³/mol. The summed E-state index contributed by atoms with van der Waals surface area (Å²) in [5.74, 6) is 3.98. The lowest BCUT2D eigenvalue weighted by atomic mass is 10.1. The fraction of sp³-hybridized carbons (Fsp3) is 0.231. The number of nitrogens with one attached hydrogen (secondary N) is 1. The molecule has 1 aromatic rings. The van der Waals surface area contributed by atoms with Crippen LogP contribution in [-0.2, 0) is 4.74 Å². The Morgan fingerprint density at radius 3 is 2.75 bits per heavy atom. The molecule has 6 nitrogen and oxygen atoms in total. The van der Waals surface area contributed by atoms with Crippen LogP contribution in [0.4, 0.5) is 9.18 Å². The van der Waals surface area contributed by atoms with Gasteiger partial charge in [0, 0.05) is 5.56 Å². The molecule has 20 heavy (non-hydrogen) atoms. The number of carbonyl (C=O) groups is 2. The van der Waals surface area contributed by atoms with E-state index in [0.717, 1.165) is 6.07 Å². The van der Waals surface area contributed by atoms with Crippen LogP contribution in [0.5, 0.6) is 0 Å². The van der Waals surface area contributed by atoms with E-state index in [1.54, 1.807) is 0 Å². The molecule has 0 aliphatic rings. The van der Waals surface area contributed by atoms with Crippen molar-refractivity contribution in [1.29, 1.82) is 0 Å². The van der Waals surface area contributed by atoms with Gasteiger partial charge in [-0.3, -0.25) is 4.79 Å². The van der Waals surface area contributed by atoms with Crippen molar-refractivity contribution in [2.75, 3.05) is 19.7 Å². The minimum atomic E-state index is -0.923. The highest BCUT2D eigenvalue weighted by Crippen LogP contribution is 2.09. The van der Waals surface area contributed by atoms with Crippen LogP contribution >= 0.6 is 0 Å². The van der Waals surface area contributed by atoms with Crippen molar-refractivity contribution in [3.8, 4) is 11.8 Å². The Kier molecular flexibility index (Phi) is 6.00. The molecule has 1 aromatic carbocycles. The number of halogens is 1. The fourth-order valence-electron chi connectivity index (χ4n) is 1.32. The second-order valence-electron chi connectivity index (χ2n) is 3.62. The van der Waals surface area contributed by atoms with Gasteiger partial charge in [-0.25, -0.2) is 9.18 Å². The summed E-state index contributed by atoms with van der Waals surface area (Å²) in [6.07, 6.45) is -0.923. The lowest BCUT2D eigenvalue weighted by Gasteiger charge is -2.05. The smallest absolute Gasteiger partial charge is 0.404 e. The van der Waals surface area contributed by atoms with Crippen LogP contribution < -0.4 is 16.8 Å². The average Bonchev–Trinajstić information content (AvgIpc) is 2.41. The second-order valence-corrected chi connectivity index (χ2v) is 3.62. The van der Waals surface area contributed by atoms with Crippen molar-refractivity contribution in [3.63, 3.8) is 0 Å². The maximum atomic E-state index is 13.6. The zero-order valence-corrected chi connectivity index (χ0v) is 10.6. The Balaban J connectivity index is 2.61. The van der Waals surface area contributed by atoms with E-state index in [9.17, 15) is 14.0 Å². The summed E-state index contributed by atoms with van der Waals surface area (Å²) >= 11 is 0. The number of benzene rings is 1. The molecule has 0 fully saturated rings. The van der Waals surface area contributed by atoms with Gasteiger partial charge in [0.2, 0.25) is 0 Å². The van der Waals surface area contributed by atoms with Crippen LogP contribution in [0.25, 0.3) is 0 Å². The number of carbonyl (C=O) groups excluding carboxylic acids is 2. The molecular weight excluding hydrogens is 265 g/mol. The number of amides is 2. The molecule has 0 saturated heterocycles. The summed E-state index contributed by atoms with van der Waals surface area (Å²) in [6.45, 7) is 0.156. The molecular formula is C13H14FN3O3. The molecule has 0 heterocycles. The first-order valence-electron chi connectivity index (χ1n) is 5.73. The van der Waals surface area contributed by atoms with Crippen LogP contribution in [0.1, 0.15) is 15.9 Å². The standard InChI is InChI=1S/C13H14FN3O3/c14-11-8-10(4-3-9(11)2-1-5-15)12(18)17-6-7-20-13(16)19/h3-4,8H,5-7,15H2,(H2,16,19)(H,17,18). The molecule has 0 aromatic heterocycles. The predicted octanol–water partition coefficient (Wildman–Crippen LogP) is -0.0390. The molecule has 0 bridgehead atoms.